The molecule has 2 aromatic carbocycles. The van der Waals surface area contributed by atoms with Crippen molar-refractivity contribution in [3.8, 4) is 5.75 Å². The summed E-state index contributed by atoms with van der Waals surface area (Å²) in [6, 6.07) is 8.86. The Hall–Kier alpha value is -2.14. The SMILES string of the molecule is Cc1c(COc2ccc(Cl)c(F)c2)cccc1[N+](=O)[O-]. The zero-order valence-corrected chi connectivity index (χ0v) is 11.4. The molecule has 0 aliphatic rings. The lowest BCUT2D eigenvalue weighted by Gasteiger charge is -2.09. The molecule has 0 heterocycles. The van der Waals surface area contributed by atoms with Crippen molar-refractivity contribution in [2.45, 2.75) is 13.5 Å². The molecule has 0 atom stereocenters. The van der Waals surface area contributed by atoms with Crippen molar-refractivity contribution in [3.63, 3.8) is 0 Å². The maximum Gasteiger partial charge on any atom is 0.272 e. The second-order valence-corrected chi connectivity index (χ2v) is 4.59. The van der Waals surface area contributed by atoms with Gasteiger partial charge in [0.1, 0.15) is 18.2 Å². The van der Waals surface area contributed by atoms with E-state index < -0.39 is 10.7 Å². The molecule has 0 radical (unpaired) electrons. The van der Waals surface area contributed by atoms with Gasteiger partial charge in [-0.25, -0.2) is 4.39 Å². The minimum absolute atomic E-state index is 0.0175. The van der Waals surface area contributed by atoms with E-state index in [1.165, 1.54) is 24.3 Å². The van der Waals surface area contributed by atoms with E-state index >= 15 is 0 Å². The number of nitro benzene ring substituents is 1. The van der Waals surface area contributed by atoms with E-state index in [0.29, 0.717) is 16.9 Å². The first kappa shape index (κ1) is 14.3. The number of halogens is 2. The maximum atomic E-state index is 13.3. The molecular formula is C14H11ClFNO3. The van der Waals surface area contributed by atoms with Gasteiger partial charge in [0, 0.05) is 17.7 Å². The van der Waals surface area contributed by atoms with Crippen molar-refractivity contribution in [1.29, 1.82) is 0 Å². The van der Waals surface area contributed by atoms with E-state index in [-0.39, 0.29) is 17.3 Å². The summed E-state index contributed by atoms with van der Waals surface area (Å²) < 4.78 is 18.7. The molecule has 0 unspecified atom stereocenters. The van der Waals surface area contributed by atoms with Gasteiger partial charge in [-0.3, -0.25) is 10.1 Å². The van der Waals surface area contributed by atoms with Crippen LogP contribution in [-0.4, -0.2) is 4.92 Å². The molecule has 0 aromatic heterocycles. The molecule has 0 saturated heterocycles. The summed E-state index contributed by atoms with van der Waals surface area (Å²) in [6.45, 7) is 1.77. The monoisotopic (exact) mass is 295 g/mol. The summed E-state index contributed by atoms with van der Waals surface area (Å²) in [5, 5.41) is 10.8. The minimum Gasteiger partial charge on any atom is -0.489 e. The summed E-state index contributed by atoms with van der Waals surface area (Å²) in [7, 11) is 0. The van der Waals surface area contributed by atoms with Crippen LogP contribution >= 0.6 is 11.6 Å². The third-order valence-electron chi connectivity index (χ3n) is 2.90. The molecule has 0 spiro atoms. The summed E-state index contributed by atoms with van der Waals surface area (Å²) in [4.78, 5) is 10.4. The van der Waals surface area contributed by atoms with E-state index in [4.69, 9.17) is 16.3 Å². The highest BCUT2D eigenvalue weighted by atomic mass is 35.5. The third kappa shape index (κ3) is 3.05. The topological polar surface area (TPSA) is 52.4 Å². The molecule has 0 fully saturated rings. The molecule has 20 heavy (non-hydrogen) atoms. The van der Waals surface area contributed by atoms with Crippen LogP contribution in [0.1, 0.15) is 11.1 Å². The number of hydrogen-bond donors (Lipinski definition) is 0. The van der Waals surface area contributed by atoms with Crippen molar-refractivity contribution >= 4 is 17.3 Å². The molecule has 0 aliphatic carbocycles. The lowest BCUT2D eigenvalue weighted by molar-refractivity contribution is -0.385. The quantitative estimate of drug-likeness (QED) is 0.625. The van der Waals surface area contributed by atoms with E-state index in [9.17, 15) is 14.5 Å². The number of ether oxygens (including phenoxy) is 1. The van der Waals surface area contributed by atoms with Gasteiger partial charge in [0.15, 0.2) is 0 Å². The minimum atomic E-state index is -0.570. The molecule has 0 amide bonds. The Bertz CT molecular complexity index is 661. The Morgan fingerprint density at radius 3 is 2.75 bits per heavy atom. The summed E-state index contributed by atoms with van der Waals surface area (Å²) in [6.07, 6.45) is 0. The van der Waals surface area contributed by atoms with Crippen LogP contribution in [0.2, 0.25) is 5.02 Å². The molecular weight excluding hydrogens is 285 g/mol. The fourth-order valence-corrected chi connectivity index (χ4v) is 1.87. The standard InChI is InChI=1S/C14H11ClFNO3/c1-9-10(3-2-4-14(9)17(18)19)8-20-11-5-6-12(15)13(16)7-11/h2-7H,8H2,1H3. The Morgan fingerprint density at radius 2 is 2.10 bits per heavy atom. The molecule has 0 N–H and O–H groups in total. The molecule has 2 aromatic rings. The van der Waals surface area contributed by atoms with Crippen LogP contribution in [0, 0.1) is 22.9 Å². The van der Waals surface area contributed by atoms with Gasteiger partial charge in [-0.05, 0) is 24.6 Å². The Labute approximate surface area is 119 Å². The van der Waals surface area contributed by atoms with Gasteiger partial charge in [-0.1, -0.05) is 23.7 Å². The fourth-order valence-electron chi connectivity index (χ4n) is 1.75. The van der Waals surface area contributed by atoms with Crippen molar-refractivity contribution < 1.29 is 14.1 Å². The smallest absolute Gasteiger partial charge is 0.272 e. The Kier molecular flexibility index (Phi) is 4.20. The predicted octanol–water partition coefficient (Wildman–Crippen LogP) is 4.27. The van der Waals surface area contributed by atoms with E-state index in [0.717, 1.165) is 0 Å². The fraction of sp³-hybridized carbons (Fsp3) is 0.143. The average Bonchev–Trinajstić information content (AvgIpc) is 2.41. The third-order valence-corrected chi connectivity index (χ3v) is 3.21. The molecule has 104 valence electrons. The number of benzene rings is 2. The lowest BCUT2D eigenvalue weighted by atomic mass is 10.1. The van der Waals surface area contributed by atoms with Crippen LogP contribution in [0.5, 0.6) is 5.75 Å². The first-order chi connectivity index (χ1) is 9.49. The van der Waals surface area contributed by atoms with E-state index in [1.807, 2.05) is 0 Å². The Morgan fingerprint density at radius 1 is 1.35 bits per heavy atom. The highest BCUT2D eigenvalue weighted by molar-refractivity contribution is 6.30. The van der Waals surface area contributed by atoms with Crippen LogP contribution in [0.3, 0.4) is 0 Å². The van der Waals surface area contributed by atoms with Crippen LogP contribution in [0.15, 0.2) is 36.4 Å². The molecule has 6 heteroatoms. The van der Waals surface area contributed by atoms with Gasteiger partial charge in [0.2, 0.25) is 0 Å². The second-order valence-electron chi connectivity index (χ2n) is 4.18. The van der Waals surface area contributed by atoms with Crippen LogP contribution in [0.4, 0.5) is 10.1 Å². The molecule has 0 aliphatic heterocycles. The van der Waals surface area contributed by atoms with Crippen molar-refractivity contribution in [2.24, 2.45) is 0 Å². The lowest BCUT2D eigenvalue weighted by Crippen LogP contribution is -2.01. The van der Waals surface area contributed by atoms with Crippen LogP contribution in [-0.2, 0) is 6.61 Å². The maximum absolute atomic E-state index is 13.3. The van der Waals surface area contributed by atoms with Gasteiger partial charge in [0.25, 0.3) is 5.69 Å². The summed E-state index contributed by atoms with van der Waals surface area (Å²) >= 11 is 5.57. The van der Waals surface area contributed by atoms with Crippen molar-refractivity contribution in [2.75, 3.05) is 0 Å². The number of hydrogen-bond acceptors (Lipinski definition) is 3. The first-order valence-corrected chi connectivity index (χ1v) is 6.17. The van der Waals surface area contributed by atoms with Gasteiger partial charge >= 0.3 is 0 Å². The first-order valence-electron chi connectivity index (χ1n) is 5.80. The number of nitrogens with zero attached hydrogens (tertiary/aromatic N) is 1. The number of rotatable bonds is 4. The van der Waals surface area contributed by atoms with Gasteiger partial charge in [0.05, 0.1) is 9.95 Å². The molecule has 0 bridgehead atoms. The van der Waals surface area contributed by atoms with Crippen molar-refractivity contribution in [3.05, 3.63) is 68.5 Å². The highest BCUT2D eigenvalue weighted by Crippen LogP contribution is 2.24. The predicted molar refractivity (Wildman–Crippen MR) is 73.6 cm³/mol. The Balaban J connectivity index is 2.17. The zero-order valence-electron chi connectivity index (χ0n) is 10.6. The normalized spacial score (nSPS) is 10.3. The van der Waals surface area contributed by atoms with Crippen LogP contribution < -0.4 is 4.74 Å². The van der Waals surface area contributed by atoms with E-state index in [1.54, 1.807) is 19.1 Å². The van der Waals surface area contributed by atoms with Gasteiger partial charge in [-0.2, -0.15) is 0 Å². The van der Waals surface area contributed by atoms with Gasteiger partial charge < -0.3 is 4.74 Å². The van der Waals surface area contributed by atoms with Crippen LogP contribution in [0.25, 0.3) is 0 Å². The number of nitro groups is 1. The van der Waals surface area contributed by atoms with Gasteiger partial charge in [-0.15, -0.1) is 0 Å². The van der Waals surface area contributed by atoms with E-state index in [2.05, 4.69) is 0 Å². The average molecular weight is 296 g/mol. The largest absolute Gasteiger partial charge is 0.489 e. The van der Waals surface area contributed by atoms with Crippen molar-refractivity contribution in [1.82, 2.24) is 0 Å². The molecule has 4 nitrogen and oxygen atoms in total. The molecule has 2 rings (SSSR count). The summed E-state index contributed by atoms with van der Waals surface area (Å²) in [5.41, 5.74) is 1.25. The zero-order chi connectivity index (χ0) is 14.7. The second kappa shape index (κ2) is 5.88. The highest BCUT2D eigenvalue weighted by Gasteiger charge is 2.13. The summed E-state index contributed by atoms with van der Waals surface area (Å²) in [5.74, 6) is -0.252. The molecule has 0 saturated carbocycles.